The zero-order valence-corrected chi connectivity index (χ0v) is 19.9. The van der Waals surface area contributed by atoms with Gasteiger partial charge in [0.15, 0.2) is 0 Å². The molecule has 1 aliphatic heterocycles. The molecule has 0 radical (unpaired) electrons. The second-order valence-electron chi connectivity index (χ2n) is 9.84. The van der Waals surface area contributed by atoms with Crippen molar-refractivity contribution < 1.29 is 9.53 Å². The molecular weight excluding hydrogens is 428 g/mol. The first-order valence-electron chi connectivity index (χ1n) is 12.9. The van der Waals surface area contributed by atoms with Gasteiger partial charge in [0.25, 0.3) is 5.91 Å². The normalized spacial score (nSPS) is 28.2. The minimum absolute atomic E-state index is 0.0825. The standard InChI is InChI=1S/C26H36N6O2/c33-25(24-3-1-2-13-27-24)29-20-6-4-19(5-7-20)23-12-14-28-26(31-23)30-21-8-10-22(11-9-21)32-15-17-34-18-16-32/h1-3,12-14,19-22H,4-11,15-18H2,(H,29,33)(H,28,30,31). The van der Waals surface area contributed by atoms with E-state index in [2.05, 4.69) is 31.6 Å². The number of pyridine rings is 1. The van der Waals surface area contributed by atoms with Crippen molar-refractivity contribution in [3.05, 3.63) is 48.0 Å². The molecule has 34 heavy (non-hydrogen) atoms. The molecule has 0 aromatic carbocycles. The average molecular weight is 465 g/mol. The van der Waals surface area contributed by atoms with E-state index in [0.717, 1.165) is 76.5 Å². The molecule has 2 aliphatic carbocycles. The van der Waals surface area contributed by atoms with Gasteiger partial charge >= 0.3 is 0 Å². The van der Waals surface area contributed by atoms with Gasteiger partial charge in [-0.2, -0.15) is 0 Å². The summed E-state index contributed by atoms with van der Waals surface area (Å²) in [7, 11) is 0. The summed E-state index contributed by atoms with van der Waals surface area (Å²) in [5, 5.41) is 6.75. The number of hydrogen-bond donors (Lipinski definition) is 2. The van der Waals surface area contributed by atoms with E-state index in [1.54, 1.807) is 12.3 Å². The third-order valence-corrected chi connectivity index (χ3v) is 7.65. The summed E-state index contributed by atoms with van der Waals surface area (Å²) in [6.07, 6.45) is 12.3. The molecule has 2 aromatic heterocycles. The van der Waals surface area contributed by atoms with Gasteiger partial charge in [-0.15, -0.1) is 0 Å². The summed E-state index contributed by atoms with van der Waals surface area (Å²) >= 11 is 0. The van der Waals surface area contributed by atoms with Crippen molar-refractivity contribution in [2.45, 2.75) is 75.4 Å². The first-order valence-corrected chi connectivity index (χ1v) is 12.9. The van der Waals surface area contributed by atoms with Crippen molar-refractivity contribution >= 4 is 11.9 Å². The zero-order valence-electron chi connectivity index (χ0n) is 19.9. The van der Waals surface area contributed by atoms with Crippen molar-refractivity contribution in [1.82, 2.24) is 25.2 Å². The van der Waals surface area contributed by atoms with Gasteiger partial charge in [0.2, 0.25) is 5.95 Å². The Morgan fingerprint density at radius 2 is 1.65 bits per heavy atom. The fourth-order valence-corrected chi connectivity index (χ4v) is 5.67. The molecule has 0 spiro atoms. The van der Waals surface area contributed by atoms with Crippen LogP contribution in [0.15, 0.2) is 36.7 Å². The third-order valence-electron chi connectivity index (χ3n) is 7.65. The molecule has 0 atom stereocenters. The number of hydrogen-bond acceptors (Lipinski definition) is 7. The van der Waals surface area contributed by atoms with E-state index in [4.69, 9.17) is 9.72 Å². The second-order valence-corrected chi connectivity index (χ2v) is 9.84. The Morgan fingerprint density at radius 3 is 2.38 bits per heavy atom. The van der Waals surface area contributed by atoms with Gasteiger partial charge in [0.1, 0.15) is 5.69 Å². The molecule has 5 rings (SSSR count). The lowest BCUT2D eigenvalue weighted by atomic mass is 9.84. The number of morpholine rings is 1. The maximum absolute atomic E-state index is 12.4. The van der Waals surface area contributed by atoms with Crippen LogP contribution in [0.3, 0.4) is 0 Å². The first kappa shape index (κ1) is 23.2. The van der Waals surface area contributed by atoms with Crippen molar-refractivity contribution in [3.8, 4) is 0 Å². The van der Waals surface area contributed by atoms with Gasteiger partial charge in [0.05, 0.1) is 13.2 Å². The molecule has 1 saturated heterocycles. The molecule has 3 aliphatic rings. The van der Waals surface area contributed by atoms with Gasteiger partial charge in [-0.05, 0) is 69.6 Å². The highest BCUT2D eigenvalue weighted by Crippen LogP contribution is 2.32. The smallest absolute Gasteiger partial charge is 0.270 e. The molecule has 0 bridgehead atoms. The Balaban J connectivity index is 1.09. The van der Waals surface area contributed by atoms with E-state index in [1.165, 1.54) is 12.8 Å². The van der Waals surface area contributed by atoms with E-state index in [1.807, 2.05) is 18.3 Å². The lowest BCUT2D eigenvalue weighted by Crippen LogP contribution is -2.46. The highest BCUT2D eigenvalue weighted by Gasteiger charge is 2.28. The highest BCUT2D eigenvalue weighted by atomic mass is 16.5. The number of carbonyl (C=O) groups is 1. The number of anilines is 1. The fourth-order valence-electron chi connectivity index (χ4n) is 5.67. The largest absolute Gasteiger partial charge is 0.379 e. The summed E-state index contributed by atoms with van der Waals surface area (Å²) in [4.78, 5) is 28.5. The van der Waals surface area contributed by atoms with Gasteiger partial charge < -0.3 is 15.4 Å². The van der Waals surface area contributed by atoms with Crippen LogP contribution in [0.1, 0.15) is 73.5 Å². The van der Waals surface area contributed by atoms with Crippen molar-refractivity contribution in [2.75, 3.05) is 31.6 Å². The van der Waals surface area contributed by atoms with Crippen LogP contribution in [-0.4, -0.2) is 70.2 Å². The predicted octanol–water partition coefficient (Wildman–Crippen LogP) is 3.38. The van der Waals surface area contributed by atoms with Crippen LogP contribution < -0.4 is 10.6 Å². The number of ether oxygens (including phenoxy) is 1. The Kier molecular flexibility index (Phi) is 7.65. The molecule has 2 N–H and O–H groups in total. The van der Waals surface area contributed by atoms with Crippen molar-refractivity contribution in [3.63, 3.8) is 0 Å². The van der Waals surface area contributed by atoms with E-state index in [9.17, 15) is 4.79 Å². The van der Waals surface area contributed by atoms with Crippen molar-refractivity contribution in [1.29, 1.82) is 0 Å². The second kappa shape index (κ2) is 11.2. The van der Waals surface area contributed by atoms with Crippen molar-refractivity contribution in [2.24, 2.45) is 0 Å². The van der Waals surface area contributed by atoms with Crippen LogP contribution >= 0.6 is 0 Å². The van der Waals surface area contributed by atoms with E-state index in [-0.39, 0.29) is 11.9 Å². The maximum Gasteiger partial charge on any atom is 0.270 e. The molecule has 8 nitrogen and oxygen atoms in total. The molecule has 3 heterocycles. The van der Waals surface area contributed by atoms with Gasteiger partial charge in [-0.1, -0.05) is 6.07 Å². The maximum atomic E-state index is 12.4. The molecule has 8 heteroatoms. The summed E-state index contributed by atoms with van der Waals surface area (Å²) in [6.45, 7) is 3.89. The topological polar surface area (TPSA) is 92.3 Å². The quantitative estimate of drug-likeness (QED) is 0.677. The molecule has 2 saturated carbocycles. The summed E-state index contributed by atoms with van der Waals surface area (Å²) in [6, 6.07) is 8.82. The third kappa shape index (κ3) is 5.91. The van der Waals surface area contributed by atoms with Gasteiger partial charge in [0, 0.05) is 55.2 Å². The number of rotatable bonds is 6. The molecule has 3 fully saturated rings. The summed E-state index contributed by atoms with van der Waals surface area (Å²) in [5.74, 6) is 1.10. The van der Waals surface area contributed by atoms with Gasteiger partial charge in [-0.25, -0.2) is 9.97 Å². The van der Waals surface area contributed by atoms with Crippen LogP contribution in [0.25, 0.3) is 0 Å². The Morgan fingerprint density at radius 1 is 0.882 bits per heavy atom. The summed E-state index contributed by atoms with van der Waals surface area (Å²) in [5.41, 5.74) is 1.60. The zero-order chi connectivity index (χ0) is 23.2. The number of nitrogens with zero attached hydrogens (tertiary/aromatic N) is 4. The van der Waals surface area contributed by atoms with E-state index in [0.29, 0.717) is 23.7 Å². The lowest BCUT2D eigenvalue weighted by molar-refractivity contribution is 0.00790. The fraction of sp³-hybridized carbons (Fsp3) is 0.615. The van der Waals surface area contributed by atoms with E-state index >= 15 is 0 Å². The predicted molar refractivity (Wildman–Crippen MR) is 131 cm³/mol. The minimum atomic E-state index is -0.0825. The highest BCUT2D eigenvalue weighted by molar-refractivity contribution is 5.92. The van der Waals surface area contributed by atoms with E-state index < -0.39 is 0 Å². The Hall–Kier alpha value is -2.58. The monoisotopic (exact) mass is 464 g/mol. The van der Waals surface area contributed by atoms with Gasteiger partial charge in [-0.3, -0.25) is 14.7 Å². The van der Waals surface area contributed by atoms with Crippen LogP contribution in [0.5, 0.6) is 0 Å². The molecular formula is C26H36N6O2. The molecule has 0 unspecified atom stereocenters. The SMILES string of the molecule is O=C(NC1CCC(c2ccnc(NC3CCC(N4CCOCC4)CC3)n2)CC1)c1ccccn1. The molecule has 2 aromatic rings. The Bertz CT molecular complexity index is 920. The van der Waals surface area contributed by atoms with Crippen LogP contribution in [-0.2, 0) is 4.74 Å². The molecule has 182 valence electrons. The van der Waals surface area contributed by atoms with Crippen LogP contribution in [0.2, 0.25) is 0 Å². The Labute approximate surface area is 201 Å². The number of nitrogens with one attached hydrogen (secondary N) is 2. The average Bonchev–Trinajstić information content (AvgIpc) is 2.91. The number of aromatic nitrogens is 3. The first-order chi connectivity index (χ1) is 16.7. The van der Waals surface area contributed by atoms with Crippen LogP contribution in [0, 0.1) is 0 Å². The molecule has 1 amide bonds. The summed E-state index contributed by atoms with van der Waals surface area (Å²) < 4.78 is 5.50. The lowest BCUT2D eigenvalue weighted by Gasteiger charge is -2.38. The number of carbonyl (C=O) groups excluding carboxylic acids is 1. The number of amides is 1. The minimum Gasteiger partial charge on any atom is -0.379 e. The van der Waals surface area contributed by atoms with Crippen LogP contribution in [0.4, 0.5) is 5.95 Å².